The summed E-state index contributed by atoms with van der Waals surface area (Å²) in [6.45, 7) is 11.9. The molecule has 2 saturated heterocycles. The van der Waals surface area contributed by atoms with E-state index in [0.29, 0.717) is 17.7 Å². The highest BCUT2D eigenvalue weighted by Gasteiger charge is 2.32. The van der Waals surface area contributed by atoms with Crippen LogP contribution in [0.15, 0.2) is 18.3 Å². The SMILES string of the molecule is CC.CC1CC2CCCN2C1.CCCN(C)c1nc(OC)nc2c(F)c(-c3nc(N)ccc3F)ncc12. The molecule has 5 heterocycles. The molecule has 2 atom stereocenters. The summed E-state index contributed by atoms with van der Waals surface area (Å²) in [5.41, 5.74) is 5.02. The van der Waals surface area contributed by atoms with E-state index in [-0.39, 0.29) is 28.7 Å². The summed E-state index contributed by atoms with van der Waals surface area (Å²) in [6.07, 6.45) is 6.68. The number of anilines is 2. The Morgan fingerprint density at radius 2 is 1.92 bits per heavy atom. The lowest BCUT2D eigenvalue weighted by molar-refractivity contribution is 0.319. The van der Waals surface area contributed by atoms with Crippen molar-refractivity contribution in [1.29, 1.82) is 0 Å². The molecule has 3 aromatic heterocycles. The Bertz CT molecular complexity index is 1180. The van der Waals surface area contributed by atoms with Crippen molar-refractivity contribution in [3.05, 3.63) is 30.0 Å². The van der Waals surface area contributed by atoms with E-state index >= 15 is 4.39 Å². The van der Waals surface area contributed by atoms with Crippen LogP contribution >= 0.6 is 0 Å². The molecule has 5 rings (SSSR count). The van der Waals surface area contributed by atoms with Crippen LogP contribution < -0.4 is 15.4 Å². The standard InChI is InChI=1S/C17H18F2N6O.C8H15N.C2H6/c1-4-7-25(2)16-9-8-21-15(14-10(18)5-6-11(20)22-14)12(19)13(9)23-17(24-16)26-3;1-7-5-8-3-2-4-9(8)6-7;1-2/h5-6,8H,4,7H2,1-3H3,(H2,20,22);7-8H,2-6H2,1H3;1-2H3. The summed E-state index contributed by atoms with van der Waals surface area (Å²) in [5.74, 6) is -0.0186. The number of rotatable bonds is 5. The molecule has 0 spiro atoms. The number of nitrogens with two attached hydrogens (primary N) is 1. The van der Waals surface area contributed by atoms with Crippen LogP contribution in [0, 0.1) is 17.6 Å². The zero-order valence-corrected chi connectivity index (χ0v) is 22.8. The number of aromatic nitrogens is 4. The van der Waals surface area contributed by atoms with E-state index in [1.165, 1.54) is 51.7 Å². The third-order valence-electron chi connectivity index (χ3n) is 6.56. The average Bonchev–Trinajstić information content (AvgIpc) is 3.48. The Morgan fingerprint density at radius 3 is 2.59 bits per heavy atom. The normalized spacial score (nSPS) is 18.5. The largest absolute Gasteiger partial charge is 0.467 e. The highest BCUT2D eigenvalue weighted by molar-refractivity contribution is 5.91. The molecule has 2 aliphatic heterocycles. The number of pyridine rings is 2. The lowest BCUT2D eigenvalue weighted by atomic mass is 10.1. The quantitative estimate of drug-likeness (QED) is 0.488. The van der Waals surface area contributed by atoms with Crippen molar-refractivity contribution >= 4 is 22.5 Å². The predicted molar refractivity (Wildman–Crippen MR) is 145 cm³/mol. The number of nitrogens with zero attached hydrogens (tertiary/aromatic N) is 6. The van der Waals surface area contributed by atoms with Gasteiger partial charge in [-0.05, 0) is 50.3 Å². The van der Waals surface area contributed by atoms with Gasteiger partial charge in [-0.2, -0.15) is 9.97 Å². The van der Waals surface area contributed by atoms with Crippen molar-refractivity contribution < 1.29 is 13.5 Å². The minimum atomic E-state index is -0.814. The second-order valence-corrected chi connectivity index (χ2v) is 9.34. The molecule has 3 aromatic rings. The van der Waals surface area contributed by atoms with Gasteiger partial charge in [0.2, 0.25) is 0 Å². The van der Waals surface area contributed by atoms with E-state index in [1.807, 2.05) is 32.7 Å². The van der Waals surface area contributed by atoms with Crippen molar-refractivity contribution in [3.8, 4) is 17.4 Å². The van der Waals surface area contributed by atoms with Crippen molar-refractivity contribution in [3.63, 3.8) is 0 Å². The Kier molecular flexibility index (Phi) is 9.91. The van der Waals surface area contributed by atoms with Gasteiger partial charge in [0, 0.05) is 32.4 Å². The number of methoxy groups -OCH3 is 1. The molecule has 2 fully saturated rings. The molecule has 0 amide bonds. The molecule has 0 aliphatic carbocycles. The maximum absolute atomic E-state index is 15.1. The first-order valence-corrected chi connectivity index (χ1v) is 13.1. The number of nitrogen functional groups attached to an aromatic ring is 1. The highest BCUT2D eigenvalue weighted by Crippen LogP contribution is 2.32. The van der Waals surface area contributed by atoms with Crippen molar-refractivity contribution in [2.75, 3.05) is 44.4 Å². The third kappa shape index (κ3) is 6.41. The third-order valence-corrected chi connectivity index (χ3v) is 6.56. The van der Waals surface area contributed by atoms with Crippen LogP contribution in [0.4, 0.5) is 20.4 Å². The van der Waals surface area contributed by atoms with E-state index in [9.17, 15) is 4.39 Å². The summed E-state index contributed by atoms with van der Waals surface area (Å²) in [5, 5.41) is 0.396. The first kappa shape index (κ1) is 28.4. The van der Waals surface area contributed by atoms with Crippen LogP contribution in [0.5, 0.6) is 6.01 Å². The van der Waals surface area contributed by atoms with Gasteiger partial charge in [-0.1, -0.05) is 27.7 Å². The molecule has 8 nitrogen and oxygen atoms in total. The fraction of sp³-hybridized carbons (Fsp3) is 0.556. The molecular weight excluding hydrogens is 476 g/mol. The lowest BCUT2D eigenvalue weighted by Crippen LogP contribution is -2.22. The summed E-state index contributed by atoms with van der Waals surface area (Å²) in [6, 6.07) is 3.40. The maximum atomic E-state index is 15.1. The number of hydrogen-bond acceptors (Lipinski definition) is 8. The smallest absolute Gasteiger partial charge is 0.318 e. The molecule has 202 valence electrons. The van der Waals surface area contributed by atoms with Crippen molar-refractivity contribution in [2.24, 2.45) is 5.92 Å². The summed E-state index contributed by atoms with van der Waals surface area (Å²) in [4.78, 5) is 20.8. The van der Waals surface area contributed by atoms with Gasteiger partial charge in [-0.3, -0.25) is 4.98 Å². The van der Waals surface area contributed by atoms with E-state index < -0.39 is 11.6 Å². The Labute approximate surface area is 218 Å². The molecule has 37 heavy (non-hydrogen) atoms. The molecule has 10 heteroatoms. The fourth-order valence-corrected chi connectivity index (χ4v) is 4.98. The van der Waals surface area contributed by atoms with Crippen LogP contribution in [-0.4, -0.2) is 64.7 Å². The Hall–Kier alpha value is -3.14. The fourth-order valence-electron chi connectivity index (χ4n) is 4.98. The van der Waals surface area contributed by atoms with Gasteiger partial charge in [0.15, 0.2) is 11.6 Å². The van der Waals surface area contributed by atoms with E-state index in [0.717, 1.165) is 24.4 Å². The summed E-state index contributed by atoms with van der Waals surface area (Å²) in [7, 11) is 3.22. The van der Waals surface area contributed by atoms with Gasteiger partial charge < -0.3 is 20.3 Å². The molecule has 2 unspecified atom stereocenters. The highest BCUT2D eigenvalue weighted by atomic mass is 19.1. The number of fused-ring (bicyclic) bond motifs is 2. The van der Waals surface area contributed by atoms with Gasteiger partial charge in [0.25, 0.3) is 0 Å². The molecule has 2 N–H and O–H groups in total. The minimum Gasteiger partial charge on any atom is -0.467 e. The Morgan fingerprint density at radius 1 is 1.16 bits per heavy atom. The van der Waals surface area contributed by atoms with Gasteiger partial charge >= 0.3 is 6.01 Å². The van der Waals surface area contributed by atoms with Gasteiger partial charge in [0.05, 0.1) is 12.5 Å². The topological polar surface area (TPSA) is 93.3 Å². The van der Waals surface area contributed by atoms with E-state index in [4.69, 9.17) is 10.5 Å². The van der Waals surface area contributed by atoms with Crippen LogP contribution in [0.3, 0.4) is 0 Å². The molecule has 0 saturated carbocycles. The van der Waals surface area contributed by atoms with E-state index in [1.54, 1.807) is 0 Å². The number of ether oxygens (including phenoxy) is 1. The van der Waals surface area contributed by atoms with Gasteiger partial charge in [-0.25, -0.2) is 13.8 Å². The van der Waals surface area contributed by atoms with E-state index in [2.05, 4.69) is 31.8 Å². The zero-order valence-electron chi connectivity index (χ0n) is 22.8. The average molecular weight is 516 g/mol. The van der Waals surface area contributed by atoms with Crippen LogP contribution in [0.2, 0.25) is 0 Å². The first-order valence-electron chi connectivity index (χ1n) is 13.1. The molecule has 0 radical (unpaired) electrons. The monoisotopic (exact) mass is 515 g/mol. The first-order chi connectivity index (χ1) is 17.8. The van der Waals surface area contributed by atoms with Crippen molar-refractivity contribution in [1.82, 2.24) is 24.8 Å². The van der Waals surface area contributed by atoms with Gasteiger partial charge in [0.1, 0.15) is 28.5 Å². The molecule has 0 bridgehead atoms. The zero-order chi connectivity index (χ0) is 27.1. The number of halogens is 2. The maximum Gasteiger partial charge on any atom is 0.318 e. The van der Waals surface area contributed by atoms with Crippen molar-refractivity contribution in [2.45, 2.75) is 59.4 Å². The minimum absolute atomic E-state index is 0.00695. The molecule has 0 aromatic carbocycles. The second-order valence-electron chi connectivity index (χ2n) is 9.34. The molecule has 2 aliphatic rings. The second kappa shape index (κ2) is 12.9. The van der Waals surface area contributed by atoms with Crippen LogP contribution in [0.1, 0.15) is 53.4 Å². The Balaban J connectivity index is 0.000000286. The summed E-state index contributed by atoms with van der Waals surface area (Å²) >= 11 is 0. The predicted octanol–water partition coefficient (Wildman–Crippen LogP) is 5.32. The summed E-state index contributed by atoms with van der Waals surface area (Å²) < 4.78 is 34.3. The van der Waals surface area contributed by atoms with Crippen LogP contribution in [-0.2, 0) is 0 Å². The number of hydrogen-bond donors (Lipinski definition) is 1. The van der Waals surface area contributed by atoms with Crippen LogP contribution in [0.25, 0.3) is 22.3 Å². The molecular formula is C27H39F2N7O. The lowest BCUT2D eigenvalue weighted by Gasteiger charge is -2.19. The van der Waals surface area contributed by atoms with Gasteiger partial charge in [-0.15, -0.1) is 0 Å².